The quantitative estimate of drug-likeness (QED) is 0.120. The van der Waals surface area contributed by atoms with E-state index in [4.69, 9.17) is 39.9 Å². The molecule has 0 bridgehead atoms. The maximum Gasteiger partial charge on any atom is 0.182 e. The van der Waals surface area contributed by atoms with E-state index in [2.05, 4.69) is 315 Å². The van der Waals surface area contributed by atoms with Gasteiger partial charge in [0.25, 0.3) is 0 Å². The summed E-state index contributed by atoms with van der Waals surface area (Å²) in [6.45, 7) is 0. The van der Waals surface area contributed by atoms with Gasteiger partial charge in [0, 0.05) is 90.1 Å². The zero-order chi connectivity index (χ0) is 72.2. The number of pyridine rings is 8. The van der Waals surface area contributed by atoms with Crippen molar-refractivity contribution in [1.82, 2.24) is 39.9 Å². The van der Waals surface area contributed by atoms with Gasteiger partial charge in [-0.05, 0) is 147 Å². The van der Waals surface area contributed by atoms with E-state index in [9.17, 15) is 0 Å². The highest BCUT2D eigenvalue weighted by Gasteiger charge is 2.55. The molecule has 24 rings (SSSR count). The van der Waals surface area contributed by atoms with Crippen molar-refractivity contribution in [2.75, 3.05) is 0 Å². The molecule has 0 saturated heterocycles. The van der Waals surface area contributed by atoms with E-state index >= 15 is 0 Å². The van der Waals surface area contributed by atoms with Crippen molar-refractivity contribution in [3.8, 4) is 78.4 Å². The topological polar surface area (TPSA) is 103 Å². The smallest absolute Gasteiger partial charge is 0.182 e. The van der Waals surface area contributed by atoms with Gasteiger partial charge in [0.05, 0.1) is 66.9 Å². The zero-order valence-corrected chi connectivity index (χ0v) is 61.2. The van der Waals surface area contributed by atoms with Crippen molar-refractivity contribution in [2.24, 2.45) is 0 Å². The number of hydrogen-bond donors (Lipinski definition) is 0. The number of benzene rings is 12. The third-order valence-electron chi connectivity index (χ3n) is 23.5. The Morgan fingerprint density at radius 2 is 0.436 bits per heavy atom. The van der Waals surface area contributed by atoms with Crippen LogP contribution < -0.4 is 31.1 Å². The van der Waals surface area contributed by atoms with Gasteiger partial charge >= 0.3 is 0 Å². The minimum absolute atomic E-state index is 0.926. The Balaban J connectivity index is 0.000000132. The molecule has 0 aliphatic carbocycles. The first-order valence-electron chi connectivity index (χ1n) is 37.4. The first-order valence-corrected chi connectivity index (χ1v) is 41.4. The first kappa shape index (κ1) is 62.1. The lowest BCUT2D eigenvalue weighted by Gasteiger charge is -2.33. The van der Waals surface area contributed by atoms with Crippen LogP contribution in [0.15, 0.2) is 365 Å². The van der Waals surface area contributed by atoms with E-state index in [0.29, 0.717) is 0 Å². The summed E-state index contributed by atoms with van der Waals surface area (Å²) >= 11 is 0. The van der Waals surface area contributed by atoms with Crippen LogP contribution in [0.3, 0.4) is 0 Å². The molecule has 0 N–H and O–H groups in total. The van der Waals surface area contributed by atoms with E-state index in [1.807, 2.05) is 49.1 Å². The van der Waals surface area contributed by atoms with Crippen LogP contribution in [-0.2, 0) is 0 Å². The summed E-state index contributed by atoms with van der Waals surface area (Å²) < 4.78 is 0. The fraction of sp³-hybridized carbons (Fsp3) is 0. The van der Waals surface area contributed by atoms with Crippen LogP contribution in [0.25, 0.3) is 176 Å². The largest absolute Gasteiger partial charge is 0.254 e. The van der Waals surface area contributed by atoms with Crippen molar-refractivity contribution < 1.29 is 0 Å². The third kappa shape index (κ3) is 9.18. The molecule has 0 unspecified atom stereocenters. The van der Waals surface area contributed by atoms with Gasteiger partial charge in [-0.3, -0.25) is 19.9 Å². The number of nitrogens with zero attached hydrogens (tertiary/aromatic N) is 8. The van der Waals surface area contributed by atoms with Crippen LogP contribution in [0.2, 0.25) is 0 Å². The summed E-state index contributed by atoms with van der Waals surface area (Å²) in [5, 5.41) is 20.1. The molecule has 110 heavy (non-hydrogen) atoms. The SMILES string of the molecule is C1=C(c2cccc(-c3ccc4ccc5cccnc5c4n3)c2)[Si]2(C(c3cccc(-c4ccc5ccc6cccnc6c5n4)c3)=C1)c1ccccc1-c1ccccc12.c1ccc2c(c1)-c1ccc(-c3ccc4ccc5cccnc5c4n3)cc1[Si]21c2ccccc2-c2ccc(-c3ccc4ccc5cccnc5c4n3)cc21. The highest BCUT2D eigenvalue weighted by molar-refractivity contribution is 7.29. The van der Waals surface area contributed by atoms with Gasteiger partial charge in [-0.1, -0.05) is 279 Å². The molecule has 8 aromatic heterocycles. The molecule has 10 heteroatoms. The molecule has 0 atom stereocenters. The molecule has 0 radical (unpaired) electrons. The number of fused-ring (bicyclic) bond motifs is 27. The second kappa shape index (κ2) is 24.2. The van der Waals surface area contributed by atoms with Crippen molar-refractivity contribution in [1.29, 1.82) is 0 Å². The molecular weight excluding hydrogens is 1370 g/mol. The summed E-state index contributed by atoms with van der Waals surface area (Å²) in [4.78, 5) is 40.0. The lowest BCUT2D eigenvalue weighted by molar-refractivity contribution is 1.37. The standard InChI is InChI=1S/C52H32N4Si.C48H28N4Si/c1-3-17-47-41(15-1)42-16-2-4-18-48(42)57(47)45(39-11-5-9-37(31-39)43-25-23-35-21-19-33-13-7-29-53-49(33)51(35)55-43)27-28-46(57)40-12-6-10-38(32-40)44-26-24-36-22-20-34-14-8-30-54-50(34)52(36)56-44;1-3-11-41-35(9-1)37-21-17-33(39-23-19-31-15-13-29-7-5-25-49-45(29)47(31)51-39)27-43(37)53(41)42-12-4-2-10-36(42)38-22-18-34(28-44(38)53)40-24-20-32-16-14-30-8-6-26-50-46(30)48(32)52-40/h1-32H;1-28H. The van der Waals surface area contributed by atoms with Crippen LogP contribution >= 0.6 is 0 Å². The molecule has 0 amide bonds. The number of rotatable bonds is 6. The van der Waals surface area contributed by atoms with Gasteiger partial charge in [0.15, 0.2) is 16.1 Å². The minimum Gasteiger partial charge on any atom is -0.254 e. The third-order valence-corrected chi connectivity index (χ3v) is 33.5. The lowest BCUT2D eigenvalue weighted by atomic mass is 10.0. The van der Waals surface area contributed by atoms with Gasteiger partial charge in [0.1, 0.15) is 0 Å². The minimum atomic E-state index is -2.80. The van der Waals surface area contributed by atoms with Crippen LogP contribution in [0, 0.1) is 0 Å². The molecule has 12 aromatic carbocycles. The van der Waals surface area contributed by atoms with E-state index in [-0.39, 0.29) is 0 Å². The van der Waals surface area contributed by atoms with Crippen molar-refractivity contribution in [3.63, 3.8) is 0 Å². The molecule has 0 fully saturated rings. The van der Waals surface area contributed by atoms with E-state index in [1.54, 1.807) is 0 Å². The summed E-state index contributed by atoms with van der Waals surface area (Å²) in [6, 6.07) is 119. The van der Waals surface area contributed by atoms with Crippen LogP contribution in [0.4, 0.5) is 0 Å². The Kier molecular flexibility index (Phi) is 13.6. The van der Waals surface area contributed by atoms with Gasteiger partial charge in [0.2, 0.25) is 0 Å². The van der Waals surface area contributed by atoms with Gasteiger partial charge < -0.3 is 0 Å². The van der Waals surface area contributed by atoms with Crippen LogP contribution in [0.5, 0.6) is 0 Å². The predicted octanol–water partition coefficient (Wildman–Crippen LogP) is 19.6. The summed E-state index contributed by atoms with van der Waals surface area (Å²) in [6.07, 6.45) is 12.2. The van der Waals surface area contributed by atoms with Crippen LogP contribution in [0.1, 0.15) is 11.1 Å². The molecule has 2 spiro atoms. The Labute approximate surface area is 634 Å². The Morgan fingerprint density at radius 3 is 0.764 bits per heavy atom. The fourth-order valence-corrected chi connectivity index (χ4v) is 29.9. The molecule has 8 nitrogen and oxygen atoms in total. The molecule has 508 valence electrons. The molecule has 20 aromatic rings. The van der Waals surface area contributed by atoms with Gasteiger partial charge in [-0.2, -0.15) is 0 Å². The second-order valence-corrected chi connectivity index (χ2v) is 36.5. The molecule has 12 heterocycles. The molecule has 4 aliphatic rings. The Morgan fingerprint density at radius 1 is 0.173 bits per heavy atom. The average molecular weight is 1430 g/mol. The summed E-state index contributed by atoms with van der Waals surface area (Å²) in [5.41, 5.74) is 26.1. The van der Waals surface area contributed by atoms with Crippen molar-refractivity contribution in [3.05, 3.63) is 376 Å². The van der Waals surface area contributed by atoms with Crippen LogP contribution in [-0.4, -0.2) is 56.0 Å². The van der Waals surface area contributed by atoms with Crippen molar-refractivity contribution in [2.45, 2.75) is 0 Å². The number of hydrogen-bond acceptors (Lipinski definition) is 8. The maximum atomic E-state index is 5.29. The number of allylic oxidation sites excluding steroid dienone is 2. The predicted molar refractivity (Wildman–Crippen MR) is 458 cm³/mol. The van der Waals surface area contributed by atoms with E-state index < -0.39 is 16.1 Å². The Bertz CT molecular complexity index is 7030. The van der Waals surface area contributed by atoms with E-state index in [0.717, 1.165) is 132 Å². The maximum absolute atomic E-state index is 5.29. The number of aromatic nitrogens is 8. The summed E-state index contributed by atoms with van der Waals surface area (Å²) in [7, 11) is -5.55. The normalized spacial score (nSPS) is 13.7. The average Bonchev–Trinajstić information content (AvgIpc) is 1.51. The lowest BCUT2D eigenvalue weighted by Crippen LogP contribution is -2.70. The summed E-state index contributed by atoms with van der Waals surface area (Å²) in [5.74, 6) is 0. The zero-order valence-electron chi connectivity index (χ0n) is 59.2. The fourth-order valence-electron chi connectivity index (χ4n) is 18.7. The van der Waals surface area contributed by atoms with Crippen molar-refractivity contribution >= 4 is 145 Å². The first-order chi connectivity index (χ1) is 54.5. The highest BCUT2D eigenvalue weighted by Crippen LogP contribution is 2.49. The highest BCUT2D eigenvalue weighted by atomic mass is 28.3. The Hall–Kier alpha value is -14.2. The molecular formula is C100H60N8Si2. The van der Waals surface area contributed by atoms with E-state index in [1.165, 1.54) is 86.0 Å². The second-order valence-electron chi connectivity index (χ2n) is 29.2. The molecule has 0 saturated carbocycles. The van der Waals surface area contributed by atoms with Gasteiger partial charge in [-0.25, -0.2) is 19.9 Å². The monoisotopic (exact) mass is 1430 g/mol. The molecule has 4 aliphatic heterocycles. The van der Waals surface area contributed by atoms with Gasteiger partial charge in [-0.15, -0.1) is 0 Å².